The average Bonchev–Trinajstić information content (AvgIpc) is 2.56. The fourth-order valence-corrected chi connectivity index (χ4v) is 2.83. The van der Waals surface area contributed by atoms with Gasteiger partial charge in [0.15, 0.2) is 0 Å². The van der Waals surface area contributed by atoms with Gasteiger partial charge in [0.1, 0.15) is 0 Å². The van der Waals surface area contributed by atoms with Gasteiger partial charge in [0.25, 0.3) is 0 Å². The van der Waals surface area contributed by atoms with Crippen LogP contribution in [0.3, 0.4) is 0 Å². The third-order valence-corrected chi connectivity index (χ3v) is 3.84. The van der Waals surface area contributed by atoms with Crippen LogP contribution in [0.15, 0.2) is 0 Å². The van der Waals surface area contributed by atoms with E-state index in [9.17, 15) is 0 Å². The van der Waals surface area contributed by atoms with Crippen molar-refractivity contribution in [2.45, 2.75) is 71.1 Å². The van der Waals surface area contributed by atoms with Crippen LogP contribution in [-0.4, -0.2) is 42.8 Å². The van der Waals surface area contributed by atoms with E-state index < -0.39 is 0 Å². The summed E-state index contributed by atoms with van der Waals surface area (Å²) < 4.78 is 5.83. The summed E-state index contributed by atoms with van der Waals surface area (Å²) in [5, 5.41) is 0. The summed E-state index contributed by atoms with van der Waals surface area (Å²) in [6.07, 6.45) is 6.12. The van der Waals surface area contributed by atoms with Crippen molar-refractivity contribution in [3.63, 3.8) is 0 Å². The molecule has 1 heterocycles. The van der Waals surface area contributed by atoms with E-state index in [1.165, 1.54) is 6.42 Å². The van der Waals surface area contributed by atoms with Gasteiger partial charge in [0, 0.05) is 31.8 Å². The van der Waals surface area contributed by atoms with Crippen LogP contribution in [0.2, 0.25) is 0 Å². The molecule has 0 aromatic rings. The Bertz CT molecular complexity index is 199. The van der Waals surface area contributed by atoms with Crippen LogP contribution in [0, 0.1) is 0 Å². The highest BCUT2D eigenvalue weighted by Gasteiger charge is 2.26. The molecule has 0 bridgehead atoms. The second-order valence-corrected chi connectivity index (χ2v) is 5.18. The highest BCUT2D eigenvalue weighted by molar-refractivity contribution is 4.83. The maximum absolute atomic E-state index is 6.33. The number of ether oxygens (including phenoxy) is 1. The van der Waals surface area contributed by atoms with Crippen LogP contribution in [0.25, 0.3) is 0 Å². The molecule has 3 unspecified atom stereocenters. The molecule has 3 atom stereocenters. The van der Waals surface area contributed by atoms with Crippen molar-refractivity contribution in [2.24, 2.45) is 5.73 Å². The zero-order valence-electron chi connectivity index (χ0n) is 11.8. The molecule has 0 amide bonds. The molecule has 1 rings (SSSR count). The van der Waals surface area contributed by atoms with E-state index in [0.29, 0.717) is 18.2 Å². The third-order valence-electron chi connectivity index (χ3n) is 3.84. The van der Waals surface area contributed by atoms with Gasteiger partial charge in [-0.25, -0.2) is 0 Å². The molecule has 102 valence electrons. The van der Waals surface area contributed by atoms with Crippen LogP contribution >= 0.6 is 0 Å². The van der Waals surface area contributed by atoms with Crippen molar-refractivity contribution >= 4 is 0 Å². The van der Waals surface area contributed by atoms with E-state index in [1.54, 1.807) is 0 Å². The summed E-state index contributed by atoms with van der Waals surface area (Å²) in [6.45, 7) is 9.80. The number of nitrogens with two attached hydrogens (primary N) is 1. The molecule has 17 heavy (non-hydrogen) atoms. The smallest absolute Gasteiger partial charge is 0.0699 e. The van der Waals surface area contributed by atoms with Gasteiger partial charge < -0.3 is 10.5 Å². The van der Waals surface area contributed by atoms with Gasteiger partial charge in [0.05, 0.1) is 6.10 Å². The van der Waals surface area contributed by atoms with Crippen LogP contribution in [0.5, 0.6) is 0 Å². The Hall–Kier alpha value is -0.120. The number of hydrogen-bond acceptors (Lipinski definition) is 3. The third kappa shape index (κ3) is 4.57. The first kappa shape index (κ1) is 14.9. The van der Waals surface area contributed by atoms with Crippen molar-refractivity contribution in [1.82, 2.24) is 4.90 Å². The normalized spacial score (nSPS) is 26.5. The van der Waals surface area contributed by atoms with Gasteiger partial charge in [-0.1, -0.05) is 27.2 Å². The molecule has 1 saturated heterocycles. The summed E-state index contributed by atoms with van der Waals surface area (Å²) in [5.41, 5.74) is 6.33. The molecule has 0 radical (unpaired) electrons. The Morgan fingerprint density at radius 3 is 2.71 bits per heavy atom. The van der Waals surface area contributed by atoms with Crippen LogP contribution in [0.1, 0.15) is 52.9 Å². The predicted octanol–water partition coefficient (Wildman–Crippen LogP) is 2.39. The van der Waals surface area contributed by atoms with Gasteiger partial charge in [0.2, 0.25) is 0 Å². The van der Waals surface area contributed by atoms with Crippen molar-refractivity contribution < 1.29 is 4.74 Å². The standard InChI is InChI=1S/C14H30N2O/c1-4-8-13(15)14(6-3)16-9-7-10-17-12(5-2)11-16/h12-14H,4-11,15H2,1-3H3. The summed E-state index contributed by atoms with van der Waals surface area (Å²) >= 11 is 0. The fraction of sp³-hybridized carbons (Fsp3) is 1.00. The number of rotatable bonds is 6. The maximum Gasteiger partial charge on any atom is 0.0699 e. The lowest BCUT2D eigenvalue weighted by atomic mass is 9.99. The average molecular weight is 242 g/mol. The Morgan fingerprint density at radius 1 is 1.35 bits per heavy atom. The van der Waals surface area contributed by atoms with E-state index in [0.717, 1.165) is 45.4 Å². The van der Waals surface area contributed by atoms with Gasteiger partial charge in [-0.3, -0.25) is 4.90 Å². The molecule has 0 aliphatic carbocycles. The second kappa shape index (κ2) is 8.06. The summed E-state index contributed by atoms with van der Waals surface area (Å²) in [6, 6.07) is 0.853. The quantitative estimate of drug-likeness (QED) is 0.777. The maximum atomic E-state index is 6.33. The molecule has 3 nitrogen and oxygen atoms in total. The summed E-state index contributed by atoms with van der Waals surface area (Å²) in [5.74, 6) is 0. The zero-order chi connectivity index (χ0) is 12.7. The Kier molecular flexibility index (Phi) is 7.09. The van der Waals surface area contributed by atoms with Crippen LogP contribution in [-0.2, 0) is 4.74 Å². The lowest BCUT2D eigenvalue weighted by Crippen LogP contribution is -2.49. The molecule has 3 heteroatoms. The minimum absolute atomic E-state index is 0.320. The predicted molar refractivity (Wildman–Crippen MR) is 73.2 cm³/mol. The molecule has 2 N–H and O–H groups in total. The summed E-state index contributed by atoms with van der Waals surface area (Å²) in [7, 11) is 0. The molecule has 1 aliphatic heterocycles. The van der Waals surface area contributed by atoms with E-state index >= 15 is 0 Å². The first-order chi connectivity index (χ1) is 8.22. The minimum atomic E-state index is 0.320. The zero-order valence-corrected chi connectivity index (χ0v) is 11.8. The summed E-state index contributed by atoms with van der Waals surface area (Å²) in [4.78, 5) is 2.57. The molecular formula is C14H30N2O. The van der Waals surface area contributed by atoms with Crippen LogP contribution in [0.4, 0.5) is 0 Å². The lowest BCUT2D eigenvalue weighted by Gasteiger charge is -2.35. The SMILES string of the molecule is CCCC(N)C(CC)N1CCCOC(CC)C1. The van der Waals surface area contributed by atoms with Gasteiger partial charge in [-0.2, -0.15) is 0 Å². The molecule has 0 aromatic carbocycles. The molecule has 0 spiro atoms. The first-order valence-corrected chi connectivity index (χ1v) is 7.34. The Balaban J connectivity index is 2.58. The highest BCUT2D eigenvalue weighted by atomic mass is 16.5. The lowest BCUT2D eigenvalue weighted by molar-refractivity contribution is 0.0422. The second-order valence-electron chi connectivity index (χ2n) is 5.18. The van der Waals surface area contributed by atoms with Crippen molar-refractivity contribution in [1.29, 1.82) is 0 Å². The van der Waals surface area contributed by atoms with E-state index in [1.807, 2.05) is 0 Å². The Morgan fingerprint density at radius 2 is 2.12 bits per heavy atom. The topological polar surface area (TPSA) is 38.5 Å². The fourth-order valence-electron chi connectivity index (χ4n) is 2.83. The largest absolute Gasteiger partial charge is 0.377 e. The molecule has 1 aliphatic rings. The van der Waals surface area contributed by atoms with Crippen molar-refractivity contribution in [3.05, 3.63) is 0 Å². The van der Waals surface area contributed by atoms with Gasteiger partial charge >= 0.3 is 0 Å². The van der Waals surface area contributed by atoms with E-state index in [-0.39, 0.29) is 0 Å². The van der Waals surface area contributed by atoms with Crippen molar-refractivity contribution in [2.75, 3.05) is 19.7 Å². The molecule has 0 aromatic heterocycles. The number of hydrogen-bond donors (Lipinski definition) is 1. The van der Waals surface area contributed by atoms with Gasteiger partial charge in [-0.05, 0) is 25.7 Å². The highest BCUT2D eigenvalue weighted by Crippen LogP contribution is 2.17. The first-order valence-electron chi connectivity index (χ1n) is 7.34. The van der Waals surface area contributed by atoms with Crippen LogP contribution < -0.4 is 5.73 Å². The minimum Gasteiger partial charge on any atom is -0.377 e. The Labute approximate surface area is 107 Å². The van der Waals surface area contributed by atoms with Gasteiger partial charge in [-0.15, -0.1) is 0 Å². The van der Waals surface area contributed by atoms with E-state index in [2.05, 4.69) is 25.7 Å². The molecule has 1 fully saturated rings. The monoisotopic (exact) mass is 242 g/mol. The molecular weight excluding hydrogens is 212 g/mol. The van der Waals surface area contributed by atoms with Crippen molar-refractivity contribution in [3.8, 4) is 0 Å². The van der Waals surface area contributed by atoms with E-state index in [4.69, 9.17) is 10.5 Å². The number of nitrogens with zero attached hydrogens (tertiary/aromatic N) is 1. The molecule has 0 saturated carbocycles.